The van der Waals surface area contributed by atoms with Gasteiger partial charge in [-0.1, -0.05) is 0 Å². The van der Waals surface area contributed by atoms with E-state index in [2.05, 4.69) is 6.92 Å². The Kier molecular flexibility index (Phi) is 3.50. The number of likely N-dealkylation sites (N-methyl/N-ethyl adjacent to an activating group) is 1. The van der Waals surface area contributed by atoms with Gasteiger partial charge in [0.1, 0.15) is 0 Å². The quantitative estimate of drug-likeness (QED) is 0.690. The van der Waals surface area contributed by atoms with Crippen LogP contribution < -0.4 is 5.73 Å². The SMILES string of the molecule is CN(C)CC(=O)N1CCCC1(C)CN. The molecule has 1 heterocycles. The summed E-state index contributed by atoms with van der Waals surface area (Å²) >= 11 is 0. The number of rotatable bonds is 3. The molecule has 1 aliphatic heterocycles. The summed E-state index contributed by atoms with van der Waals surface area (Å²) in [5.41, 5.74) is 5.62. The molecule has 14 heavy (non-hydrogen) atoms. The molecular formula is C10H21N3O. The third-order valence-electron chi connectivity index (χ3n) is 2.94. The summed E-state index contributed by atoms with van der Waals surface area (Å²) in [7, 11) is 3.82. The highest BCUT2D eigenvalue weighted by molar-refractivity contribution is 5.79. The highest BCUT2D eigenvalue weighted by atomic mass is 16.2. The molecule has 0 aromatic carbocycles. The molecule has 0 bridgehead atoms. The molecule has 0 radical (unpaired) electrons. The van der Waals surface area contributed by atoms with E-state index in [0.717, 1.165) is 19.4 Å². The summed E-state index contributed by atoms with van der Waals surface area (Å²) in [6.45, 7) is 3.98. The molecule has 2 N–H and O–H groups in total. The standard InChI is InChI=1S/C10H21N3O/c1-10(8-11)5-4-6-13(10)9(14)7-12(2)3/h4-8,11H2,1-3H3. The van der Waals surface area contributed by atoms with E-state index in [9.17, 15) is 4.79 Å². The largest absolute Gasteiger partial charge is 0.335 e. The van der Waals surface area contributed by atoms with Crippen LogP contribution in [0.5, 0.6) is 0 Å². The molecular weight excluding hydrogens is 178 g/mol. The Balaban J connectivity index is 2.62. The Bertz CT molecular complexity index is 217. The van der Waals surface area contributed by atoms with E-state index in [-0.39, 0.29) is 11.4 Å². The molecule has 82 valence electrons. The van der Waals surface area contributed by atoms with Crippen molar-refractivity contribution in [3.63, 3.8) is 0 Å². The molecule has 1 saturated heterocycles. The highest BCUT2D eigenvalue weighted by Gasteiger charge is 2.38. The zero-order valence-electron chi connectivity index (χ0n) is 9.42. The number of amides is 1. The number of hydrogen-bond acceptors (Lipinski definition) is 3. The van der Waals surface area contributed by atoms with Gasteiger partial charge in [0.25, 0.3) is 0 Å². The molecule has 0 aromatic rings. The summed E-state index contributed by atoms with van der Waals surface area (Å²) in [4.78, 5) is 15.7. The molecule has 1 aliphatic rings. The van der Waals surface area contributed by atoms with Crippen molar-refractivity contribution in [2.24, 2.45) is 5.73 Å². The lowest BCUT2D eigenvalue weighted by Gasteiger charge is -2.34. The zero-order chi connectivity index (χ0) is 10.8. The minimum Gasteiger partial charge on any atom is -0.335 e. The molecule has 1 amide bonds. The first-order valence-corrected chi connectivity index (χ1v) is 5.15. The molecule has 1 rings (SSSR count). The van der Waals surface area contributed by atoms with Crippen LogP contribution in [0.1, 0.15) is 19.8 Å². The Morgan fingerprint density at radius 1 is 1.57 bits per heavy atom. The topological polar surface area (TPSA) is 49.6 Å². The van der Waals surface area contributed by atoms with Crippen LogP contribution >= 0.6 is 0 Å². The maximum Gasteiger partial charge on any atom is 0.237 e. The van der Waals surface area contributed by atoms with E-state index >= 15 is 0 Å². The molecule has 4 nitrogen and oxygen atoms in total. The second-order valence-electron chi connectivity index (χ2n) is 4.59. The normalized spacial score (nSPS) is 27.4. The van der Waals surface area contributed by atoms with Crippen LogP contribution in [0.15, 0.2) is 0 Å². The fraction of sp³-hybridized carbons (Fsp3) is 0.900. The Morgan fingerprint density at radius 2 is 2.21 bits per heavy atom. The first-order chi connectivity index (χ1) is 6.49. The summed E-state index contributed by atoms with van der Waals surface area (Å²) in [5.74, 6) is 0.195. The first kappa shape index (κ1) is 11.5. The summed E-state index contributed by atoms with van der Waals surface area (Å²) in [6.07, 6.45) is 2.11. The van der Waals surface area contributed by atoms with Crippen LogP contribution in [0.3, 0.4) is 0 Å². The predicted octanol–water partition coefficient (Wildman–Crippen LogP) is -0.112. The van der Waals surface area contributed by atoms with E-state index in [0.29, 0.717) is 13.1 Å². The number of nitrogens with zero attached hydrogens (tertiary/aromatic N) is 2. The van der Waals surface area contributed by atoms with Crippen LogP contribution in [-0.4, -0.2) is 55.0 Å². The maximum atomic E-state index is 11.9. The smallest absolute Gasteiger partial charge is 0.237 e. The number of likely N-dealkylation sites (tertiary alicyclic amines) is 1. The summed E-state index contributed by atoms with van der Waals surface area (Å²) in [5, 5.41) is 0. The third-order valence-corrected chi connectivity index (χ3v) is 2.94. The van der Waals surface area contributed by atoms with Gasteiger partial charge in [0.05, 0.1) is 12.1 Å². The lowest BCUT2D eigenvalue weighted by Crippen LogP contribution is -2.52. The molecule has 1 unspecified atom stereocenters. The van der Waals surface area contributed by atoms with Gasteiger partial charge in [-0.05, 0) is 33.9 Å². The summed E-state index contributed by atoms with van der Waals surface area (Å²) in [6, 6.07) is 0. The van der Waals surface area contributed by atoms with Gasteiger partial charge < -0.3 is 15.5 Å². The number of nitrogens with two attached hydrogens (primary N) is 1. The van der Waals surface area contributed by atoms with Crippen LogP contribution in [0.4, 0.5) is 0 Å². The number of carbonyl (C=O) groups excluding carboxylic acids is 1. The number of carbonyl (C=O) groups is 1. The molecule has 0 aromatic heterocycles. The average Bonchev–Trinajstić information content (AvgIpc) is 2.47. The fourth-order valence-electron chi connectivity index (χ4n) is 2.02. The van der Waals surface area contributed by atoms with Crippen molar-refractivity contribution in [1.29, 1.82) is 0 Å². The van der Waals surface area contributed by atoms with Crippen molar-refractivity contribution >= 4 is 5.91 Å². The summed E-state index contributed by atoms with van der Waals surface area (Å²) < 4.78 is 0. The van der Waals surface area contributed by atoms with Gasteiger partial charge in [-0.2, -0.15) is 0 Å². The van der Waals surface area contributed by atoms with Gasteiger partial charge in [-0.25, -0.2) is 0 Å². The molecule has 0 saturated carbocycles. The fourth-order valence-corrected chi connectivity index (χ4v) is 2.02. The predicted molar refractivity (Wildman–Crippen MR) is 57.0 cm³/mol. The highest BCUT2D eigenvalue weighted by Crippen LogP contribution is 2.27. The second-order valence-corrected chi connectivity index (χ2v) is 4.59. The zero-order valence-corrected chi connectivity index (χ0v) is 9.42. The molecule has 1 fully saturated rings. The van der Waals surface area contributed by atoms with Gasteiger partial charge in [-0.15, -0.1) is 0 Å². The van der Waals surface area contributed by atoms with Crippen molar-refractivity contribution in [1.82, 2.24) is 9.80 Å². The van der Waals surface area contributed by atoms with Crippen molar-refractivity contribution in [3.05, 3.63) is 0 Å². The van der Waals surface area contributed by atoms with Gasteiger partial charge in [0.15, 0.2) is 0 Å². The molecule has 1 atom stereocenters. The van der Waals surface area contributed by atoms with E-state index in [1.54, 1.807) is 0 Å². The van der Waals surface area contributed by atoms with Crippen LogP contribution in [-0.2, 0) is 4.79 Å². The van der Waals surface area contributed by atoms with E-state index in [4.69, 9.17) is 5.73 Å². The van der Waals surface area contributed by atoms with Crippen molar-refractivity contribution in [2.45, 2.75) is 25.3 Å². The van der Waals surface area contributed by atoms with Crippen LogP contribution in [0.25, 0.3) is 0 Å². The van der Waals surface area contributed by atoms with E-state index in [1.807, 2.05) is 23.9 Å². The van der Waals surface area contributed by atoms with Gasteiger partial charge >= 0.3 is 0 Å². The Labute approximate surface area is 86.0 Å². The van der Waals surface area contributed by atoms with Gasteiger partial charge in [-0.3, -0.25) is 4.79 Å². The lowest BCUT2D eigenvalue weighted by molar-refractivity contribution is -0.135. The maximum absolute atomic E-state index is 11.9. The molecule has 4 heteroatoms. The minimum atomic E-state index is -0.104. The first-order valence-electron chi connectivity index (χ1n) is 5.15. The minimum absolute atomic E-state index is 0.104. The van der Waals surface area contributed by atoms with Crippen LogP contribution in [0.2, 0.25) is 0 Å². The lowest BCUT2D eigenvalue weighted by atomic mass is 9.99. The van der Waals surface area contributed by atoms with Crippen LogP contribution in [0, 0.1) is 0 Å². The van der Waals surface area contributed by atoms with E-state index in [1.165, 1.54) is 0 Å². The van der Waals surface area contributed by atoms with Gasteiger partial charge in [0, 0.05) is 13.1 Å². The number of hydrogen-bond donors (Lipinski definition) is 1. The van der Waals surface area contributed by atoms with Gasteiger partial charge in [0.2, 0.25) is 5.91 Å². The average molecular weight is 199 g/mol. The monoisotopic (exact) mass is 199 g/mol. The third kappa shape index (κ3) is 2.25. The Hall–Kier alpha value is -0.610. The Morgan fingerprint density at radius 3 is 2.71 bits per heavy atom. The molecule has 0 aliphatic carbocycles. The van der Waals surface area contributed by atoms with Crippen molar-refractivity contribution in [3.8, 4) is 0 Å². The molecule has 0 spiro atoms. The van der Waals surface area contributed by atoms with E-state index < -0.39 is 0 Å². The van der Waals surface area contributed by atoms with Crippen molar-refractivity contribution < 1.29 is 4.79 Å². The second kappa shape index (κ2) is 4.28. The van der Waals surface area contributed by atoms with Crippen molar-refractivity contribution in [2.75, 3.05) is 33.7 Å².